The second-order valence-electron chi connectivity index (χ2n) is 3.62. The van der Waals surface area contributed by atoms with Crippen molar-refractivity contribution in [2.24, 2.45) is 5.73 Å². The zero-order valence-corrected chi connectivity index (χ0v) is 9.96. The highest BCUT2D eigenvalue weighted by Gasteiger charge is 2.39. The number of benzene rings is 1. The third kappa shape index (κ3) is 4.87. The number of hydrogen-bond donors (Lipinski definition) is 1. The average molecular weight is 312 g/mol. The molecule has 0 saturated heterocycles. The predicted octanol–water partition coefficient (Wildman–Crippen LogP) is 4.22. The van der Waals surface area contributed by atoms with E-state index in [9.17, 15) is 30.7 Å². The summed E-state index contributed by atoms with van der Waals surface area (Å²) in [5, 5.41) is 0. The van der Waals surface area contributed by atoms with Gasteiger partial charge in [-0.05, 0) is 12.1 Å². The number of rotatable bonds is 2. The van der Waals surface area contributed by atoms with E-state index < -0.39 is 41.8 Å². The first kappa shape index (κ1) is 18.0. The lowest BCUT2D eigenvalue weighted by Gasteiger charge is -2.20. The Morgan fingerprint density at radius 3 is 2.00 bits per heavy atom. The lowest BCUT2D eigenvalue weighted by atomic mass is 9.97. The molecular formula is C10H9ClF7N. The third-order valence-corrected chi connectivity index (χ3v) is 2.18. The Kier molecular flexibility index (Phi) is 5.64. The van der Waals surface area contributed by atoms with Crippen LogP contribution in [0.3, 0.4) is 0 Å². The molecule has 0 aliphatic heterocycles. The molecule has 0 aliphatic rings. The summed E-state index contributed by atoms with van der Waals surface area (Å²) in [4.78, 5) is 0. The smallest absolute Gasteiger partial charge is 0.324 e. The summed E-state index contributed by atoms with van der Waals surface area (Å²) in [6.45, 7) is 0. The molecule has 19 heavy (non-hydrogen) atoms. The molecule has 0 heterocycles. The van der Waals surface area contributed by atoms with Gasteiger partial charge in [0.15, 0.2) is 0 Å². The van der Waals surface area contributed by atoms with Crippen LogP contribution in [0.15, 0.2) is 18.2 Å². The topological polar surface area (TPSA) is 26.0 Å². The van der Waals surface area contributed by atoms with E-state index in [-0.39, 0.29) is 12.4 Å². The van der Waals surface area contributed by atoms with Crippen molar-refractivity contribution in [1.82, 2.24) is 0 Å². The molecule has 0 bridgehead atoms. The molecule has 110 valence electrons. The van der Waals surface area contributed by atoms with Gasteiger partial charge in [0, 0.05) is 11.6 Å². The van der Waals surface area contributed by atoms with Crippen molar-refractivity contribution in [2.45, 2.75) is 24.8 Å². The van der Waals surface area contributed by atoms with Crippen molar-refractivity contribution in [3.63, 3.8) is 0 Å². The van der Waals surface area contributed by atoms with Crippen LogP contribution in [-0.2, 0) is 6.18 Å². The number of alkyl halides is 6. The van der Waals surface area contributed by atoms with E-state index in [1.807, 2.05) is 0 Å². The predicted molar refractivity (Wildman–Crippen MR) is 56.3 cm³/mol. The van der Waals surface area contributed by atoms with Crippen molar-refractivity contribution in [3.8, 4) is 0 Å². The zero-order chi connectivity index (χ0) is 14.1. The van der Waals surface area contributed by atoms with E-state index in [2.05, 4.69) is 0 Å². The van der Waals surface area contributed by atoms with Crippen LogP contribution in [0.1, 0.15) is 23.6 Å². The maximum Gasteiger partial charge on any atom is 0.416 e. The zero-order valence-electron chi connectivity index (χ0n) is 9.15. The van der Waals surface area contributed by atoms with Crippen LogP contribution in [0.5, 0.6) is 0 Å². The molecule has 0 saturated carbocycles. The molecule has 0 fully saturated rings. The summed E-state index contributed by atoms with van der Waals surface area (Å²) < 4.78 is 87.0. The van der Waals surface area contributed by atoms with Crippen LogP contribution < -0.4 is 5.73 Å². The Bertz CT molecular complexity index is 427. The Morgan fingerprint density at radius 2 is 1.58 bits per heavy atom. The fraction of sp³-hybridized carbons (Fsp3) is 0.400. The van der Waals surface area contributed by atoms with Crippen molar-refractivity contribution >= 4 is 12.4 Å². The van der Waals surface area contributed by atoms with E-state index in [0.29, 0.717) is 12.1 Å². The molecule has 1 rings (SSSR count). The van der Waals surface area contributed by atoms with Crippen molar-refractivity contribution < 1.29 is 30.7 Å². The van der Waals surface area contributed by atoms with E-state index >= 15 is 0 Å². The Labute approximate surface area is 110 Å². The van der Waals surface area contributed by atoms with E-state index in [1.54, 1.807) is 0 Å². The van der Waals surface area contributed by atoms with Gasteiger partial charge in [-0.3, -0.25) is 0 Å². The number of hydrogen-bond acceptors (Lipinski definition) is 1. The Balaban J connectivity index is 0.00000324. The Morgan fingerprint density at radius 1 is 1.05 bits per heavy atom. The molecule has 1 nitrogen and oxygen atoms in total. The molecule has 0 spiro atoms. The van der Waals surface area contributed by atoms with Gasteiger partial charge in [0.2, 0.25) is 0 Å². The van der Waals surface area contributed by atoms with E-state index in [4.69, 9.17) is 5.73 Å². The standard InChI is InChI=1S/C10H8F7N.ClH/c11-6-3-1-2-5(10(15,16)17)8(6)7(18)4-9(12,13)14;/h1-3,7H,4,18H2;1H/t7-;/m1./s1. The first-order valence-electron chi connectivity index (χ1n) is 4.70. The molecule has 1 aromatic carbocycles. The highest BCUT2D eigenvalue weighted by atomic mass is 35.5. The molecular weight excluding hydrogens is 303 g/mol. The number of halogens is 8. The van der Waals surface area contributed by atoms with Gasteiger partial charge in [-0.25, -0.2) is 4.39 Å². The fourth-order valence-corrected chi connectivity index (χ4v) is 1.51. The quantitative estimate of drug-likeness (QED) is 0.813. The maximum absolute atomic E-state index is 13.3. The Hall–Kier alpha value is -1.02. The van der Waals surface area contributed by atoms with Gasteiger partial charge in [-0.15, -0.1) is 12.4 Å². The van der Waals surface area contributed by atoms with Gasteiger partial charge < -0.3 is 5.73 Å². The molecule has 0 unspecified atom stereocenters. The molecule has 1 atom stereocenters. The van der Waals surface area contributed by atoms with Crippen LogP contribution in [0.4, 0.5) is 30.7 Å². The van der Waals surface area contributed by atoms with Crippen LogP contribution in [-0.4, -0.2) is 6.18 Å². The van der Waals surface area contributed by atoms with Crippen LogP contribution in [0.25, 0.3) is 0 Å². The van der Waals surface area contributed by atoms with Gasteiger partial charge in [0.1, 0.15) is 5.82 Å². The highest BCUT2D eigenvalue weighted by molar-refractivity contribution is 5.85. The monoisotopic (exact) mass is 311 g/mol. The molecule has 1 aromatic rings. The van der Waals surface area contributed by atoms with Crippen molar-refractivity contribution in [2.75, 3.05) is 0 Å². The maximum atomic E-state index is 13.3. The molecule has 0 radical (unpaired) electrons. The van der Waals surface area contributed by atoms with Gasteiger partial charge in [0.05, 0.1) is 12.0 Å². The minimum absolute atomic E-state index is 0. The van der Waals surface area contributed by atoms with Crippen LogP contribution >= 0.6 is 12.4 Å². The minimum atomic E-state index is -4.96. The summed E-state index contributed by atoms with van der Waals surface area (Å²) in [5.41, 5.74) is 2.37. The van der Waals surface area contributed by atoms with Crippen LogP contribution in [0, 0.1) is 5.82 Å². The van der Waals surface area contributed by atoms with Crippen molar-refractivity contribution in [3.05, 3.63) is 35.1 Å². The average Bonchev–Trinajstić information content (AvgIpc) is 2.12. The summed E-state index contributed by atoms with van der Waals surface area (Å²) >= 11 is 0. The largest absolute Gasteiger partial charge is 0.416 e. The minimum Gasteiger partial charge on any atom is -0.324 e. The molecule has 9 heteroatoms. The third-order valence-electron chi connectivity index (χ3n) is 2.18. The second-order valence-corrected chi connectivity index (χ2v) is 3.62. The second kappa shape index (κ2) is 5.96. The van der Waals surface area contributed by atoms with Gasteiger partial charge in [-0.2, -0.15) is 26.3 Å². The highest BCUT2D eigenvalue weighted by Crippen LogP contribution is 2.38. The van der Waals surface area contributed by atoms with Gasteiger partial charge in [-0.1, -0.05) is 6.07 Å². The first-order valence-corrected chi connectivity index (χ1v) is 4.70. The summed E-state index contributed by atoms with van der Waals surface area (Å²) in [5.74, 6) is -1.40. The molecule has 0 aromatic heterocycles. The summed E-state index contributed by atoms with van der Waals surface area (Å²) in [7, 11) is 0. The fourth-order valence-electron chi connectivity index (χ4n) is 1.51. The lowest BCUT2D eigenvalue weighted by Crippen LogP contribution is -2.24. The van der Waals surface area contributed by atoms with Crippen molar-refractivity contribution in [1.29, 1.82) is 0 Å². The first-order chi connectivity index (χ1) is 8.02. The molecule has 2 N–H and O–H groups in total. The summed E-state index contributed by atoms with van der Waals surface area (Å²) in [6.07, 6.45) is -11.5. The van der Waals surface area contributed by atoms with Gasteiger partial charge in [0.25, 0.3) is 0 Å². The van der Waals surface area contributed by atoms with Crippen LogP contribution in [0.2, 0.25) is 0 Å². The SMILES string of the molecule is Cl.N[C@H](CC(F)(F)F)c1c(F)cccc1C(F)(F)F. The number of nitrogens with two attached hydrogens (primary N) is 1. The van der Waals surface area contributed by atoms with E-state index in [1.165, 1.54) is 0 Å². The molecule has 0 aliphatic carbocycles. The van der Waals surface area contributed by atoms with E-state index in [0.717, 1.165) is 6.07 Å². The summed E-state index contributed by atoms with van der Waals surface area (Å²) in [6, 6.07) is -0.194. The normalized spacial score (nSPS) is 13.9. The van der Waals surface area contributed by atoms with Gasteiger partial charge >= 0.3 is 12.4 Å². The lowest BCUT2D eigenvalue weighted by molar-refractivity contribution is -0.145. The molecule has 0 amide bonds.